The van der Waals surface area contributed by atoms with Crippen molar-refractivity contribution in [2.24, 2.45) is 0 Å². The Bertz CT molecular complexity index is 829. The van der Waals surface area contributed by atoms with Crippen LogP contribution in [0.3, 0.4) is 0 Å². The number of aromatic nitrogens is 2. The highest BCUT2D eigenvalue weighted by atomic mass is 32.2. The highest BCUT2D eigenvalue weighted by Crippen LogP contribution is 2.33. The van der Waals surface area contributed by atoms with Crippen LogP contribution in [0.2, 0.25) is 0 Å². The van der Waals surface area contributed by atoms with Gasteiger partial charge in [0.05, 0.1) is 5.69 Å². The Morgan fingerprint density at radius 1 is 1.08 bits per heavy atom. The van der Waals surface area contributed by atoms with E-state index in [0.29, 0.717) is 0 Å². The predicted octanol–water partition coefficient (Wildman–Crippen LogP) is 4.54. The number of nitrogens with zero attached hydrogens (tertiary/aromatic N) is 2. The molecule has 1 N–H and O–H groups in total. The van der Waals surface area contributed by atoms with Crippen molar-refractivity contribution in [1.82, 2.24) is 9.78 Å². The zero-order valence-corrected chi connectivity index (χ0v) is 14.5. The van der Waals surface area contributed by atoms with Gasteiger partial charge >= 0.3 is 0 Å². The molecule has 1 unspecified atom stereocenters. The van der Waals surface area contributed by atoms with E-state index < -0.39 is 0 Å². The van der Waals surface area contributed by atoms with Crippen molar-refractivity contribution in [2.75, 3.05) is 5.32 Å². The number of hydrogen-bond donors (Lipinski definition) is 1. The molecule has 0 aliphatic heterocycles. The number of carbonyl (C=O) groups is 1. The van der Waals surface area contributed by atoms with Gasteiger partial charge in [-0.1, -0.05) is 42.1 Å². The molecule has 0 saturated carbocycles. The largest absolute Gasteiger partial charge is 0.323 e. The van der Waals surface area contributed by atoms with E-state index in [1.54, 1.807) is 22.6 Å². The van der Waals surface area contributed by atoms with Crippen LogP contribution >= 0.6 is 11.8 Å². The molecule has 0 fully saturated rings. The number of carbonyl (C=O) groups excluding carboxylic acids is 1. The summed E-state index contributed by atoms with van der Waals surface area (Å²) in [4.78, 5) is 14.7. The molecular formula is C19H19N3OS. The number of amides is 1. The van der Waals surface area contributed by atoms with Crippen molar-refractivity contribution in [2.45, 2.75) is 29.7 Å². The maximum absolute atomic E-state index is 12.6. The van der Waals surface area contributed by atoms with Gasteiger partial charge in [-0.3, -0.25) is 9.48 Å². The molecular weight excluding hydrogens is 318 g/mol. The number of rotatable bonds is 5. The zero-order chi connectivity index (χ0) is 16.9. The zero-order valence-electron chi connectivity index (χ0n) is 13.6. The standard InChI is InChI=1S/C19H19N3OS/c1-14-12-13-20-22(14)15(2)19(23)21-17-10-6-7-11-18(17)24-16-8-4-3-5-9-16/h3-13,15H,1-2H3,(H,21,23). The summed E-state index contributed by atoms with van der Waals surface area (Å²) in [6.07, 6.45) is 1.71. The van der Waals surface area contributed by atoms with Crippen LogP contribution in [0, 0.1) is 6.92 Å². The number of nitrogens with one attached hydrogen (secondary N) is 1. The number of aryl methyl sites for hydroxylation is 1. The Labute approximate surface area is 145 Å². The van der Waals surface area contributed by atoms with E-state index in [1.165, 1.54) is 0 Å². The van der Waals surface area contributed by atoms with E-state index >= 15 is 0 Å². The fourth-order valence-corrected chi connectivity index (χ4v) is 3.33. The first-order valence-electron chi connectivity index (χ1n) is 7.78. The topological polar surface area (TPSA) is 46.9 Å². The molecule has 1 heterocycles. The Balaban J connectivity index is 1.78. The van der Waals surface area contributed by atoms with E-state index in [4.69, 9.17) is 0 Å². The average Bonchev–Trinajstić information content (AvgIpc) is 3.03. The molecule has 4 nitrogen and oxygen atoms in total. The Morgan fingerprint density at radius 3 is 2.50 bits per heavy atom. The van der Waals surface area contributed by atoms with Crippen molar-refractivity contribution in [3.05, 3.63) is 72.6 Å². The van der Waals surface area contributed by atoms with Crippen LogP contribution < -0.4 is 5.32 Å². The fraction of sp³-hybridized carbons (Fsp3) is 0.158. The molecule has 24 heavy (non-hydrogen) atoms. The van der Waals surface area contributed by atoms with Gasteiger partial charge in [-0.2, -0.15) is 5.10 Å². The molecule has 0 radical (unpaired) electrons. The van der Waals surface area contributed by atoms with Gasteiger partial charge < -0.3 is 5.32 Å². The van der Waals surface area contributed by atoms with Gasteiger partial charge in [-0.25, -0.2) is 0 Å². The van der Waals surface area contributed by atoms with Crippen LogP contribution in [0.1, 0.15) is 18.7 Å². The normalized spacial score (nSPS) is 11.9. The minimum Gasteiger partial charge on any atom is -0.323 e. The summed E-state index contributed by atoms with van der Waals surface area (Å²) in [5.41, 5.74) is 1.78. The third-order valence-electron chi connectivity index (χ3n) is 3.73. The molecule has 0 aliphatic carbocycles. The van der Waals surface area contributed by atoms with Gasteiger partial charge in [-0.15, -0.1) is 0 Å². The maximum Gasteiger partial charge on any atom is 0.248 e. The third kappa shape index (κ3) is 3.68. The summed E-state index contributed by atoms with van der Waals surface area (Å²) in [7, 11) is 0. The van der Waals surface area contributed by atoms with E-state index in [9.17, 15) is 4.79 Å². The van der Waals surface area contributed by atoms with Crippen LogP contribution in [0.4, 0.5) is 5.69 Å². The quantitative estimate of drug-likeness (QED) is 0.743. The molecule has 2 aromatic carbocycles. The molecule has 1 aromatic heterocycles. The lowest BCUT2D eigenvalue weighted by Gasteiger charge is -2.16. The first kappa shape index (κ1) is 16.3. The SMILES string of the molecule is Cc1ccnn1C(C)C(=O)Nc1ccccc1Sc1ccccc1. The van der Waals surface area contributed by atoms with Crippen LogP contribution in [-0.4, -0.2) is 15.7 Å². The molecule has 0 bridgehead atoms. The van der Waals surface area contributed by atoms with Crippen molar-refractivity contribution in [1.29, 1.82) is 0 Å². The van der Waals surface area contributed by atoms with E-state index in [2.05, 4.69) is 22.5 Å². The van der Waals surface area contributed by atoms with Gasteiger partial charge in [0, 0.05) is 21.7 Å². The predicted molar refractivity (Wildman–Crippen MR) is 97.3 cm³/mol. The van der Waals surface area contributed by atoms with Crippen molar-refractivity contribution >= 4 is 23.4 Å². The molecule has 3 aromatic rings. The molecule has 1 atom stereocenters. The van der Waals surface area contributed by atoms with Crippen LogP contribution in [0.15, 0.2) is 76.7 Å². The number of benzene rings is 2. The lowest BCUT2D eigenvalue weighted by atomic mass is 10.2. The first-order chi connectivity index (χ1) is 11.6. The average molecular weight is 337 g/mol. The third-order valence-corrected chi connectivity index (χ3v) is 4.81. The van der Waals surface area contributed by atoms with Crippen molar-refractivity contribution in [3.63, 3.8) is 0 Å². The van der Waals surface area contributed by atoms with Gasteiger partial charge in [0.15, 0.2) is 0 Å². The van der Waals surface area contributed by atoms with Gasteiger partial charge in [0.1, 0.15) is 6.04 Å². The monoisotopic (exact) mass is 337 g/mol. The fourth-order valence-electron chi connectivity index (χ4n) is 2.41. The Kier molecular flexibility index (Phi) is 5.01. The number of anilines is 1. The van der Waals surface area contributed by atoms with Gasteiger partial charge in [-0.05, 0) is 44.2 Å². The minimum absolute atomic E-state index is 0.0806. The van der Waals surface area contributed by atoms with E-state index in [1.807, 2.05) is 62.4 Å². The minimum atomic E-state index is -0.366. The summed E-state index contributed by atoms with van der Waals surface area (Å²) >= 11 is 1.63. The Hall–Kier alpha value is -2.53. The maximum atomic E-state index is 12.6. The summed E-state index contributed by atoms with van der Waals surface area (Å²) < 4.78 is 1.72. The highest BCUT2D eigenvalue weighted by Gasteiger charge is 2.18. The second-order valence-corrected chi connectivity index (χ2v) is 6.61. The molecule has 5 heteroatoms. The smallest absolute Gasteiger partial charge is 0.248 e. The van der Waals surface area contributed by atoms with E-state index in [-0.39, 0.29) is 11.9 Å². The summed E-state index contributed by atoms with van der Waals surface area (Å²) in [5, 5.41) is 7.24. The summed E-state index contributed by atoms with van der Waals surface area (Å²) in [6.45, 7) is 3.79. The molecule has 0 spiro atoms. The van der Waals surface area contributed by atoms with E-state index in [0.717, 1.165) is 21.2 Å². The number of para-hydroxylation sites is 1. The molecule has 122 valence electrons. The first-order valence-corrected chi connectivity index (χ1v) is 8.59. The van der Waals surface area contributed by atoms with Gasteiger partial charge in [0.25, 0.3) is 0 Å². The van der Waals surface area contributed by atoms with Crippen LogP contribution in [-0.2, 0) is 4.79 Å². The summed E-state index contributed by atoms with van der Waals surface area (Å²) in [5.74, 6) is -0.0806. The van der Waals surface area contributed by atoms with Crippen molar-refractivity contribution in [3.8, 4) is 0 Å². The second-order valence-electron chi connectivity index (χ2n) is 5.49. The second kappa shape index (κ2) is 7.36. The van der Waals surface area contributed by atoms with Crippen LogP contribution in [0.5, 0.6) is 0 Å². The number of hydrogen-bond acceptors (Lipinski definition) is 3. The van der Waals surface area contributed by atoms with Gasteiger partial charge in [0.2, 0.25) is 5.91 Å². The lowest BCUT2D eigenvalue weighted by molar-refractivity contribution is -0.119. The highest BCUT2D eigenvalue weighted by molar-refractivity contribution is 7.99. The van der Waals surface area contributed by atoms with Crippen molar-refractivity contribution < 1.29 is 4.79 Å². The Morgan fingerprint density at radius 2 is 1.79 bits per heavy atom. The molecule has 1 amide bonds. The molecule has 3 rings (SSSR count). The summed E-state index contributed by atoms with van der Waals surface area (Å²) in [6, 6.07) is 19.5. The lowest BCUT2D eigenvalue weighted by Crippen LogP contribution is -2.25. The molecule has 0 aliphatic rings. The molecule has 0 saturated heterocycles. The van der Waals surface area contributed by atoms with Crippen LogP contribution in [0.25, 0.3) is 0 Å².